The number of hydrogen-bond acceptors (Lipinski definition) is 3. The van der Waals surface area contributed by atoms with Gasteiger partial charge in [-0.15, -0.1) is 0 Å². The van der Waals surface area contributed by atoms with Crippen molar-refractivity contribution < 1.29 is 14.3 Å². The van der Waals surface area contributed by atoms with Crippen LogP contribution in [0.1, 0.15) is 19.3 Å². The maximum absolute atomic E-state index is 11.0. The van der Waals surface area contributed by atoms with E-state index in [2.05, 4.69) is 11.9 Å². The first-order chi connectivity index (χ1) is 6.63. The molecule has 2 unspecified atom stereocenters. The summed E-state index contributed by atoms with van der Waals surface area (Å²) in [6.45, 7) is 3.34. The second-order valence-electron chi connectivity index (χ2n) is 3.23. The number of hydrogen-bond donors (Lipinski definition) is 2. The predicted octanol–water partition coefficient (Wildman–Crippen LogP) is 0.305. The first kappa shape index (κ1) is 10.6. The Morgan fingerprint density at radius 1 is 1.50 bits per heavy atom. The average Bonchev–Trinajstić information content (AvgIpc) is 2.52. The van der Waals surface area contributed by atoms with Crippen molar-refractivity contribution in [1.29, 1.82) is 0 Å². The zero-order valence-electron chi connectivity index (χ0n) is 7.86. The number of nitrogens with one attached hydrogen (secondary N) is 1. The van der Waals surface area contributed by atoms with Crippen molar-refractivity contribution in [1.82, 2.24) is 5.32 Å². The van der Waals surface area contributed by atoms with Crippen molar-refractivity contribution in [3.63, 3.8) is 0 Å². The van der Waals surface area contributed by atoms with Gasteiger partial charge in [0, 0.05) is 0 Å². The Morgan fingerprint density at radius 2 is 2.21 bits per heavy atom. The largest absolute Gasteiger partial charge is 0.444 e. The number of rotatable bonds is 3. The summed E-state index contributed by atoms with van der Waals surface area (Å²) < 4.78 is 4.86. The van der Waals surface area contributed by atoms with E-state index in [9.17, 15) is 9.59 Å². The zero-order chi connectivity index (χ0) is 10.6. The highest BCUT2D eigenvalue weighted by Crippen LogP contribution is 2.21. The summed E-state index contributed by atoms with van der Waals surface area (Å²) in [5.74, 6) is -0.255. The fraction of sp³-hybridized carbons (Fsp3) is 0.556. The lowest BCUT2D eigenvalue weighted by molar-refractivity contribution is -0.117. The molecule has 0 spiro atoms. The second-order valence-corrected chi connectivity index (χ2v) is 3.23. The molecule has 1 aliphatic rings. The lowest BCUT2D eigenvalue weighted by atomic mass is 10.2. The fourth-order valence-corrected chi connectivity index (χ4v) is 1.62. The minimum Gasteiger partial charge on any atom is -0.444 e. The van der Waals surface area contributed by atoms with E-state index in [0.29, 0.717) is 0 Å². The van der Waals surface area contributed by atoms with Gasteiger partial charge in [-0.2, -0.15) is 0 Å². The minimum absolute atomic E-state index is 0.131. The molecule has 0 radical (unpaired) electrons. The molecule has 78 valence electrons. The molecule has 0 bridgehead atoms. The van der Waals surface area contributed by atoms with Crippen LogP contribution in [0.4, 0.5) is 4.79 Å². The monoisotopic (exact) mass is 198 g/mol. The highest BCUT2D eigenvalue weighted by molar-refractivity contribution is 5.87. The van der Waals surface area contributed by atoms with Gasteiger partial charge in [0.15, 0.2) is 0 Å². The van der Waals surface area contributed by atoms with Gasteiger partial charge in [-0.3, -0.25) is 4.79 Å². The Bertz CT molecular complexity index is 252. The van der Waals surface area contributed by atoms with Crippen LogP contribution in [0.2, 0.25) is 0 Å². The molecule has 0 aliphatic heterocycles. The Kier molecular flexibility index (Phi) is 3.50. The van der Waals surface area contributed by atoms with E-state index in [4.69, 9.17) is 10.5 Å². The Balaban J connectivity index is 2.46. The molecule has 1 rings (SSSR count). The number of carbonyl (C=O) groups excluding carboxylic acids is 2. The Hall–Kier alpha value is -1.52. The first-order valence-electron chi connectivity index (χ1n) is 4.52. The van der Waals surface area contributed by atoms with Crippen molar-refractivity contribution >= 4 is 12.0 Å². The maximum Gasteiger partial charge on any atom is 0.404 e. The molecule has 5 nitrogen and oxygen atoms in total. The van der Waals surface area contributed by atoms with Crippen LogP contribution in [-0.2, 0) is 9.53 Å². The van der Waals surface area contributed by atoms with E-state index >= 15 is 0 Å². The van der Waals surface area contributed by atoms with Crippen LogP contribution in [0.25, 0.3) is 0 Å². The van der Waals surface area contributed by atoms with E-state index in [0.717, 1.165) is 19.3 Å². The van der Waals surface area contributed by atoms with Gasteiger partial charge in [0.1, 0.15) is 6.10 Å². The van der Waals surface area contributed by atoms with Crippen LogP contribution < -0.4 is 11.1 Å². The van der Waals surface area contributed by atoms with Crippen molar-refractivity contribution in [3.05, 3.63) is 12.7 Å². The summed E-state index contributed by atoms with van der Waals surface area (Å²) in [6, 6.07) is -0.131. The van der Waals surface area contributed by atoms with E-state index in [1.807, 2.05) is 0 Å². The molecule has 3 N–H and O–H groups in total. The summed E-state index contributed by atoms with van der Waals surface area (Å²) in [5.41, 5.74) is 4.90. The number of nitrogens with two attached hydrogens (primary N) is 1. The van der Waals surface area contributed by atoms with Gasteiger partial charge in [-0.25, -0.2) is 4.79 Å². The summed E-state index contributed by atoms with van der Waals surface area (Å²) in [4.78, 5) is 21.5. The van der Waals surface area contributed by atoms with Gasteiger partial charge in [-0.1, -0.05) is 6.58 Å². The molecule has 0 heterocycles. The van der Waals surface area contributed by atoms with Gasteiger partial charge in [0.25, 0.3) is 0 Å². The molecule has 1 aliphatic carbocycles. The van der Waals surface area contributed by atoms with Gasteiger partial charge in [-0.05, 0) is 25.3 Å². The Morgan fingerprint density at radius 3 is 2.79 bits per heavy atom. The maximum atomic E-state index is 11.0. The highest BCUT2D eigenvalue weighted by atomic mass is 16.6. The molecular weight excluding hydrogens is 184 g/mol. The molecule has 5 heteroatoms. The lowest BCUT2D eigenvalue weighted by Crippen LogP contribution is -2.41. The number of primary amides is 1. The van der Waals surface area contributed by atoms with Crippen LogP contribution in [0.5, 0.6) is 0 Å². The number of carbonyl (C=O) groups is 2. The van der Waals surface area contributed by atoms with E-state index in [-0.39, 0.29) is 18.1 Å². The minimum atomic E-state index is -0.797. The summed E-state index contributed by atoms with van der Waals surface area (Å²) in [5, 5.41) is 2.69. The van der Waals surface area contributed by atoms with Gasteiger partial charge in [0.05, 0.1) is 6.04 Å². The summed E-state index contributed by atoms with van der Waals surface area (Å²) in [7, 11) is 0. The van der Waals surface area contributed by atoms with Crippen LogP contribution in [0.15, 0.2) is 12.7 Å². The van der Waals surface area contributed by atoms with Crippen LogP contribution in [-0.4, -0.2) is 24.1 Å². The molecule has 14 heavy (non-hydrogen) atoms. The third kappa shape index (κ3) is 2.76. The summed E-state index contributed by atoms with van der Waals surface area (Å²) in [6.07, 6.45) is 2.56. The molecule has 0 saturated heterocycles. The molecule has 1 saturated carbocycles. The third-order valence-electron chi connectivity index (χ3n) is 2.23. The normalized spacial score (nSPS) is 25.4. The highest BCUT2D eigenvalue weighted by Gasteiger charge is 2.30. The molecular formula is C9H14N2O3. The molecule has 0 aromatic rings. The first-order valence-corrected chi connectivity index (χ1v) is 4.52. The van der Waals surface area contributed by atoms with Crippen molar-refractivity contribution in [2.24, 2.45) is 5.73 Å². The van der Waals surface area contributed by atoms with E-state index < -0.39 is 6.09 Å². The van der Waals surface area contributed by atoms with Crippen molar-refractivity contribution in [2.75, 3.05) is 0 Å². The van der Waals surface area contributed by atoms with Crippen LogP contribution in [0.3, 0.4) is 0 Å². The van der Waals surface area contributed by atoms with Crippen LogP contribution >= 0.6 is 0 Å². The van der Waals surface area contributed by atoms with Gasteiger partial charge < -0.3 is 15.8 Å². The van der Waals surface area contributed by atoms with E-state index in [1.54, 1.807) is 0 Å². The molecule has 2 amide bonds. The Labute approximate surface area is 82.3 Å². The van der Waals surface area contributed by atoms with E-state index in [1.165, 1.54) is 6.08 Å². The number of amides is 2. The quantitative estimate of drug-likeness (QED) is 0.640. The topological polar surface area (TPSA) is 81.4 Å². The zero-order valence-corrected chi connectivity index (χ0v) is 7.86. The molecule has 2 atom stereocenters. The standard InChI is InChI=1S/C9H14N2O3/c1-2-8(12)11-6-4-3-5-7(6)14-9(10)13/h2,6-7H,1,3-5H2,(H2,10,13)(H,11,12). The second kappa shape index (κ2) is 4.64. The fourth-order valence-electron chi connectivity index (χ4n) is 1.62. The lowest BCUT2D eigenvalue weighted by Gasteiger charge is -2.19. The third-order valence-corrected chi connectivity index (χ3v) is 2.23. The van der Waals surface area contributed by atoms with Gasteiger partial charge in [0.2, 0.25) is 5.91 Å². The molecule has 0 aromatic heterocycles. The smallest absolute Gasteiger partial charge is 0.404 e. The van der Waals surface area contributed by atoms with Crippen molar-refractivity contribution in [2.45, 2.75) is 31.4 Å². The SMILES string of the molecule is C=CC(=O)NC1CCCC1OC(N)=O. The van der Waals surface area contributed by atoms with Crippen molar-refractivity contribution in [3.8, 4) is 0 Å². The van der Waals surface area contributed by atoms with Crippen LogP contribution in [0, 0.1) is 0 Å². The van der Waals surface area contributed by atoms with Gasteiger partial charge >= 0.3 is 6.09 Å². The number of ether oxygens (including phenoxy) is 1. The predicted molar refractivity (Wildman–Crippen MR) is 50.4 cm³/mol. The average molecular weight is 198 g/mol. The molecule has 1 fully saturated rings. The summed E-state index contributed by atoms with van der Waals surface area (Å²) >= 11 is 0. The molecule has 0 aromatic carbocycles.